The Labute approximate surface area is 168 Å². The molecule has 1 aromatic carbocycles. The number of hydrogen-bond donors (Lipinski definition) is 1. The van der Waals surface area contributed by atoms with Crippen molar-refractivity contribution >= 4 is 11.8 Å². The van der Waals surface area contributed by atoms with E-state index in [1.54, 1.807) is 4.90 Å². The molecule has 0 aromatic heterocycles. The van der Waals surface area contributed by atoms with Crippen LogP contribution in [0.25, 0.3) is 0 Å². The maximum Gasteiger partial charge on any atom is 0.405 e. The molecule has 6 nitrogen and oxygen atoms in total. The number of benzene rings is 1. The highest BCUT2D eigenvalue weighted by Gasteiger charge is 2.30. The number of halogens is 3. The number of fused-ring (bicyclic) bond motifs is 1. The number of nitrogens with zero attached hydrogens (tertiary/aromatic N) is 2. The number of carbonyl (C=O) groups excluding carboxylic acids is 2. The zero-order valence-corrected chi connectivity index (χ0v) is 16.4. The van der Waals surface area contributed by atoms with Gasteiger partial charge < -0.3 is 15.0 Å². The van der Waals surface area contributed by atoms with Gasteiger partial charge in [-0.2, -0.15) is 13.2 Å². The number of hydrogen-bond acceptors (Lipinski definition) is 4. The first-order valence-corrected chi connectivity index (χ1v) is 9.79. The van der Waals surface area contributed by atoms with E-state index in [-0.39, 0.29) is 18.5 Å². The first-order chi connectivity index (χ1) is 13.7. The minimum atomic E-state index is -4.44. The van der Waals surface area contributed by atoms with Crippen LogP contribution in [0.15, 0.2) is 18.2 Å². The predicted molar refractivity (Wildman–Crippen MR) is 100 cm³/mol. The van der Waals surface area contributed by atoms with Gasteiger partial charge in [-0.25, -0.2) is 0 Å². The smallest absolute Gasteiger partial charge is 0.405 e. The standard InChI is InChI=1S/C20H26F3N3O3/c1-14(27)25-7-4-17(5-8-25)26(12-19(28)24-13-20(21,22)23)11-15-2-3-18-16(10-15)6-9-29-18/h2-3,10,17H,4-9,11-13H2,1H3,(H,24,28). The van der Waals surface area contributed by atoms with Crippen LogP contribution in [-0.2, 0) is 22.6 Å². The summed E-state index contributed by atoms with van der Waals surface area (Å²) in [5.74, 6) is 0.218. The zero-order chi connectivity index (χ0) is 21.0. The Morgan fingerprint density at radius 3 is 2.66 bits per heavy atom. The van der Waals surface area contributed by atoms with E-state index in [4.69, 9.17) is 4.74 Å². The zero-order valence-electron chi connectivity index (χ0n) is 16.4. The summed E-state index contributed by atoms with van der Waals surface area (Å²) in [5, 5.41) is 1.96. The largest absolute Gasteiger partial charge is 0.493 e. The first-order valence-electron chi connectivity index (χ1n) is 9.79. The van der Waals surface area contributed by atoms with Crippen LogP contribution in [0.2, 0.25) is 0 Å². The van der Waals surface area contributed by atoms with Gasteiger partial charge in [0.2, 0.25) is 11.8 Å². The van der Waals surface area contributed by atoms with E-state index < -0.39 is 18.6 Å². The van der Waals surface area contributed by atoms with Gasteiger partial charge in [0.15, 0.2) is 0 Å². The average Bonchev–Trinajstić information content (AvgIpc) is 3.13. The molecule has 1 aromatic rings. The Balaban J connectivity index is 1.67. The lowest BCUT2D eigenvalue weighted by molar-refractivity contribution is -0.139. The van der Waals surface area contributed by atoms with Crippen LogP contribution in [0.4, 0.5) is 13.2 Å². The fourth-order valence-electron chi connectivity index (χ4n) is 3.87. The lowest BCUT2D eigenvalue weighted by atomic mass is 10.0. The van der Waals surface area contributed by atoms with Crippen LogP contribution in [0.1, 0.15) is 30.9 Å². The van der Waals surface area contributed by atoms with Crippen LogP contribution in [0, 0.1) is 0 Å². The second-order valence-electron chi connectivity index (χ2n) is 7.57. The highest BCUT2D eigenvalue weighted by molar-refractivity contribution is 5.78. The molecule has 29 heavy (non-hydrogen) atoms. The van der Waals surface area contributed by atoms with Crippen molar-refractivity contribution in [2.24, 2.45) is 0 Å². The number of carbonyl (C=O) groups is 2. The molecule has 0 unspecified atom stereocenters. The van der Waals surface area contributed by atoms with Crippen LogP contribution in [0.5, 0.6) is 5.75 Å². The van der Waals surface area contributed by atoms with Gasteiger partial charge in [0.05, 0.1) is 13.2 Å². The highest BCUT2D eigenvalue weighted by Crippen LogP contribution is 2.27. The summed E-state index contributed by atoms with van der Waals surface area (Å²) in [6.45, 7) is 2.34. The highest BCUT2D eigenvalue weighted by atomic mass is 19.4. The molecule has 2 amide bonds. The number of likely N-dealkylation sites (tertiary alicyclic amines) is 1. The Morgan fingerprint density at radius 2 is 2.00 bits per heavy atom. The average molecular weight is 413 g/mol. The van der Waals surface area contributed by atoms with E-state index in [0.717, 1.165) is 23.3 Å². The number of piperidine rings is 1. The van der Waals surface area contributed by atoms with E-state index in [1.165, 1.54) is 6.92 Å². The number of rotatable bonds is 6. The maximum atomic E-state index is 12.4. The summed E-state index contributed by atoms with van der Waals surface area (Å²) >= 11 is 0. The SMILES string of the molecule is CC(=O)N1CCC(N(CC(=O)NCC(F)(F)F)Cc2ccc3c(c2)CCO3)CC1. The van der Waals surface area contributed by atoms with Crippen molar-refractivity contribution in [1.82, 2.24) is 15.1 Å². The summed E-state index contributed by atoms with van der Waals surface area (Å²) in [6, 6.07) is 5.88. The molecule has 0 atom stereocenters. The second kappa shape index (κ2) is 9.02. The number of alkyl halides is 3. The lowest BCUT2D eigenvalue weighted by Crippen LogP contribution is -2.49. The number of amides is 2. The van der Waals surface area contributed by atoms with Crippen molar-refractivity contribution in [3.8, 4) is 5.75 Å². The van der Waals surface area contributed by atoms with Gasteiger partial charge >= 0.3 is 6.18 Å². The summed E-state index contributed by atoms with van der Waals surface area (Å²) < 4.78 is 42.8. The van der Waals surface area contributed by atoms with Gasteiger partial charge in [-0.3, -0.25) is 14.5 Å². The van der Waals surface area contributed by atoms with Crippen LogP contribution >= 0.6 is 0 Å². The molecule has 2 aliphatic rings. The monoisotopic (exact) mass is 413 g/mol. The fourth-order valence-corrected chi connectivity index (χ4v) is 3.87. The van der Waals surface area contributed by atoms with Crippen molar-refractivity contribution in [3.05, 3.63) is 29.3 Å². The molecular formula is C20H26F3N3O3. The second-order valence-corrected chi connectivity index (χ2v) is 7.57. The van der Waals surface area contributed by atoms with Crippen molar-refractivity contribution in [2.45, 2.75) is 44.9 Å². The molecular weight excluding hydrogens is 387 g/mol. The molecule has 2 heterocycles. The molecule has 160 valence electrons. The molecule has 9 heteroatoms. The van der Waals surface area contributed by atoms with E-state index in [9.17, 15) is 22.8 Å². The summed E-state index contributed by atoms with van der Waals surface area (Å²) in [5.41, 5.74) is 2.10. The Morgan fingerprint density at radius 1 is 1.28 bits per heavy atom. The molecule has 1 N–H and O–H groups in total. The minimum absolute atomic E-state index is 0.0107. The van der Waals surface area contributed by atoms with Crippen molar-refractivity contribution < 1.29 is 27.5 Å². The Bertz CT molecular complexity index is 746. The van der Waals surface area contributed by atoms with Gasteiger partial charge in [-0.1, -0.05) is 12.1 Å². The minimum Gasteiger partial charge on any atom is -0.493 e. The van der Waals surface area contributed by atoms with E-state index in [0.29, 0.717) is 39.1 Å². The van der Waals surface area contributed by atoms with Gasteiger partial charge in [-0.15, -0.1) is 0 Å². The quantitative estimate of drug-likeness (QED) is 0.776. The summed E-state index contributed by atoms with van der Waals surface area (Å²) in [4.78, 5) is 27.4. The normalized spacial score (nSPS) is 17.2. The molecule has 3 rings (SSSR count). The lowest BCUT2D eigenvalue weighted by Gasteiger charge is -2.38. The molecule has 0 radical (unpaired) electrons. The van der Waals surface area contributed by atoms with E-state index in [1.807, 2.05) is 28.4 Å². The number of ether oxygens (including phenoxy) is 1. The molecule has 0 spiro atoms. The van der Waals surface area contributed by atoms with Crippen molar-refractivity contribution in [1.29, 1.82) is 0 Å². The van der Waals surface area contributed by atoms with Gasteiger partial charge in [-0.05, 0) is 30.0 Å². The maximum absolute atomic E-state index is 12.4. The van der Waals surface area contributed by atoms with Gasteiger partial charge in [0, 0.05) is 39.0 Å². The van der Waals surface area contributed by atoms with Crippen LogP contribution in [-0.4, -0.2) is 66.6 Å². The summed E-state index contributed by atoms with van der Waals surface area (Å²) in [6.07, 6.45) is -2.25. The Hall–Kier alpha value is -2.29. The third kappa shape index (κ3) is 6.09. The van der Waals surface area contributed by atoms with Crippen molar-refractivity contribution in [2.75, 3.05) is 32.8 Å². The molecule has 2 aliphatic heterocycles. The third-order valence-electron chi connectivity index (χ3n) is 5.40. The predicted octanol–water partition coefficient (Wildman–Crippen LogP) is 2.11. The van der Waals surface area contributed by atoms with E-state index >= 15 is 0 Å². The topological polar surface area (TPSA) is 61.9 Å². The van der Waals surface area contributed by atoms with Crippen LogP contribution in [0.3, 0.4) is 0 Å². The molecule has 1 fully saturated rings. The third-order valence-corrected chi connectivity index (χ3v) is 5.40. The van der Waals surface area contributed by atoms with Gasteiger partial charge in [0.25, 0.3) is 0 Å². The van der Waals surface area contributed by atoms with Gasteiger partial charge in [0.1, 0.15) is 12.3 Å². The Kier molecular flexibility index (Phi) is 6.66. The van der Waals surface area contributed by atoms with Crippen LogP contribution < -0.4 is 10.1 Å². The first kappa shape index (κ1) is 21.4. The number of nitrogens with one attached hydrogen (secondary N) is 1. The molecule has 0 bridgehead atoms. The summed E-state index contributed by atoms with van der Waals surface area (Å²) in [7, 11) is 0. The van der Waals surface area contributed by atoms with Crippen molar-refractivity contribution in [3.63, 3.8) is 0 Å². The van der Waals surface area contributed by atoms with E-state index in [2.05, 4.69) is 0 Å². The molecule has 0 saturated carbocycles. The fraction of sp³-hybridized carbons (Fsp3) is 0.600. The molecule has 0 aliphatic carbocycles. The molecule has 1 saturated heterocycles.